The Morgan fingerprint density at radius 1 is 0.520 bits per heavy atom. The van der Waals surface area contributed by atoms with Crippen LogP contribution in [0, 0.1) is 0 Å². The van der Waals surface area contributed by atoms with E-state index in [9.17, 15) is 0 Å². The van der Waals surface area contributed by atoms with Crippen molar-refractivity contribution in [3.63, 3.8) is 0 Å². The second-order valence-electron chi connectivity index (χ2n) is 11.1. The van der Waals surface area contributed by atoms with Gasteiger partial charge in [0.05, 0.1) is 0 Å². The molecule has 0 saturated carbocycles. The summed E-state index contributed by atoms with van der Waals surface area (Å²) < 4.78 is 5.49. The summed E-state index contributed by atoms with van der Waals surface area (Å²) in [5.41, 5.74) is 0.125. The molecule has 0 saturated heterocycles. The van der Waals surface area contributed by atoms with Gasteiger partial charge in [-0.15, -0.1) is 0 Å². The van der Waals surface area contributed by atoms with E-state index >= 15 is 0 Å². The van der Waals surface area contributed by atoms with Crippen molar-refractivity contribution in [3.8, 4) is 0 Å². The van der Waals surface area contributed by atoms with Crippen LogP contribution in [-0.4, -0.2) is 53.1 Å². The molecule has 0 unspecified atom stereocenters. The zero-order valence-electron chi connectivity index (χ0n) is 19.8. The van der Waals surface area contributed by atoms with Crippen molar-refractivity contribution in [2.75, 3.05) is 13.1 Å². The Morgan fingerprint density at radius 3 is 0.840 bits per heavy atom. The molecule has 0 aromatic rings. The summed E-state index contributed by atoms with van der Waals surface area (Å²) >= 11 is 0. The summed E-state index contributed by atoms with van der Waals surface area (Å²) in [6.07, 6.45) is 0. The van der Waals surface area contributed by atoms with E-state index in [0.717, 1.165) is 13.1 Å². The van der Waals surface area contributed by atoms with E-state index in [0.29, 0.717) is 0 Å². The van der Waals surface area contributed by atoms with Gasteiger partial charge in [0, 0.05) is 22.2 Å². The number of nitrogens with one attached hydrogen (secondary N) is 2. The fraction of sp³-hybridized carbons (Fsp3) is 1.00. The van der Waals surface area contributed by atoms with Gasteiger partial charge in [-0.2, -0.15) is 0 Å². The lowest BCUT2D eigenvalue weighted by Crippen LogP contribution is -2.91. The Balaban J connectivity index is 6.91. The number of hydrogen-bond acceptors (Lipinski definition) is 4. The number of rotatable bonds is 6. The fourth-order valence-corrected chi connectivity index (χ4v) is 10.8. The van der Waals surface area contributed by atoms with Crippen molar-refractivity contribution in [2.45, 2.75) is 119 Å². The Kier molecular flexibility index (Phi) is 7.99. The molecule has 0 fully saturated rings. The Bertz CT molecular complexity index is 339. The summed E-state index contributed by atoms with van der Waals surface area (Å²) in [5.74, 6) is 0. The quantitative estimate of drug-likeness (QED) is 0.675. The molecule has 0 aliphatic carbocycles. The van der Waals surface area contributed by atoms with Crippen LogP contribution in [0.4, 0.5) is 0 Å². The minimum atomic E-state index is -2.43. The molecule has 0 spiro atoms. The number of hydrogen-bond donors (Lipinski definition) is 2. The third kappa shape index (κ3) is 6.03. The topological polar surface area (TPSA) is 30.5 Å². The second kappa shape index (κ2) is 7.97. The Hall–Kier alpha value is 0.0569. The zero-order chi connectivity index (χ0) is 20.5. The van der Waals surface area contributed by atoms with Gasteiger partial charge >= 0.3 is 8.72 Å². The highest BCUT2D eigenvalue weighted by Crippen LogP contribution is 2.37. The van der Waals surface area contributed by atoms with Gasteiger partial charge in [0.25, 0.3) is 0 Å². The largest absolute Gasteiger partial charge is 0.373 e. The van der Waals surface area contributed by atoms with Crippen molar-refractivity contribution < 1.29 is 0 Å². The maximum Gasteiger partial charge on any atom is 0.373 e. The molecule has 0 aromatic heterocycles. The summed E-state index contributed by atoms with van der Waals surface area (Å²) in [4.78, 5) is 8.01. The summed E-state index contributed by atoms with van der Waals surface area (Å²) in [5, 5.41) is 0. The summed E-state index contributed by atoms with van der Waals surface area (Å²) in [6.45, 7) is 34.5. The lowest BCUT2D eigenvalue weighted by atomic mass is 10.0. The van der Waals surface area contributed by atoms with E-state index in [2.05, 4.69) is 116 Å². The van der Waals surface area contributed by atoms with E-state index in [4.69, 9.17) is 0 Å². The average molecular weight is 373 g/mol. The molecule has 152 valence electrons. The van der Waals surface area contributed by atoms with Crippen LogP contribution in [0.15, 0.2) is 0 Å². The lowest BCUT2D eigenvalue weighted by molar-refractivity contribution is 0.0428. The van der Waals surface area contributed by atoms with Crippen molar-refractivity contribution in [2.24, 2.45) is 0 Å². The average Bonchev–Trinajstić information content (AvgIpc) is 2.19. The molecule has 25 heavy (non-hydrogen) atoms. The van der Waals surface area contributed by atoms with Crippen LogP contribution < -0.4 is 9.96 Å². The molecule has 0 aromatic carbocycles. The highest BCUT2D eigenvalue weighted by Gasteiger charge is 2.59. The standard InChI is InChI=1S/C20H48N4Si/c1-15-21-25(22-16-2,23(17(3,4)5)18(6,7)8)24(19(9,10)11)20(12,13)14/h21-22H,15-16H2,1-14H3. The molecule has 0 bridgehead atoms. The zero-order valence-corrected chi connectivity index (χ0v) is 20.8. The minimum Gasteiger partial charge on any atom is -0.301 e. The van der Waals surface area contributed by atoms with Gasteiger partial charge in [-0.3, -0.25) is 9.13 Å². The smallest absolute Gasteiger partial charge is 0.301 e. The molecule has 0 heterocycles. The van der Waals surface area contributed by atoms with E-state index in [1.54, 1.807) is 0 Å². The molecule has 0 aliphatic rings. The first-order valence-electron chi connectivity index (χ1n) is 9.96. The van der Waals surface area contributed by atoms with Crippen molar-refractivity contribution in [1.82, 2.24) is 19.1 Å². The van der Waals surface area contributed by atoms with Crippen molar-refractivity contribution >= 4 is 8.72 Å². The molecule has 0 amide bonds. The molecule has 0 atom stereocenters. The van der Waals surface area contributed by atoms with Gasteiger partial charge in [0.1, 0.15) is 0 Å². The first-order valence-corrected chi connectivity index (χ1v) is 11.9. The van der Waals surface area contributed by atoms with Gasteiger partial charge in [-0.05, 0) is 96.2 Å². The van der Waals surface area contributed by atoms with Gasteiger partial charge in [0.15, 0.2) is 0 Å². The van der Waals surface area contributed by atoms with Crippen molar-refractivity contribution in [3.05, 3.63) is 0 Å². The highest BCUT2D eigenvalue weighted by molar-refractivity contribution is 6.70. The number of nitrogens with zero attached hydrogens (tertiary/aromatic N) is 2. The Morgan fingerprint density at radius 2 is 0.720 bits per heavy atom. The fourth-order valence-electron chi connectivity index (χ4n) is 4.93. The van der Waals surface area contributed by atoms with E-state index in [-0.39, 0.29) is 22.2 Å². The Labute approximate surface area is 160 Å². The molecule has 5 heteroatoms. The van der Waals surface area contributed by atoms with Crippen LogP contribution >= 0.6 is 0 Å². The highest BCUT2D eigenvalue weighted by atomic mass is 28.4. The molecule has 2 N–H and O–H groups in total. The van der Waals surface area contributed by atoms with Crippen LogP contribution in [0.25, 0.3) is 0 Å². The van der Waals surface area contributed by atoms with Crippen LogP contribution in [0.5, 0.6) is 0 Å². The van der Waals surface area contributed by atoms with Crippen LogP contribution in [-0.2, 0) is 0 Å². The third-order valence-corrected chi connectivity index (χ3v) is 9.85. The maximum absolute atomic E-state index is 4.00. The summed E-state index contributed by atoms with van der Waals surface area (Å²) in [7, 11) is -2.43. The van der Waals surface area contributed by atoms with Gasteiger partial charge in [-0.1, -0.05) is 13.8 Å². The predicted octanol–water partition coefficient (Wildman–Crippen LogP) is 4.44. The lowest BCUT2D eigenvalue weighted by Gasteiger charge is -2.64. The third-order valence-electron chi connectivity index (χ3n) is 4.18. The predicted molar refractivity (Wildman–Crippen MR) is 116 cm³/mol. The SMILES string of the molecule is CCN[Si](NCC)(N(C(C)(C)C)C(C)(C)C)N(C(C)(C)C)C(C)(C)C. The first kappa shape index (κ1) is 25.1. The maximum atomic E-state index is 4.00. The van der Waals surface area contributed by atoms with Gasteiger partial charge in [-0.25, -0.2) is 0 Å². The molecule has 4 nitrogen and oxygen atoms in total. The van der Waals surface area contributed by atoms with Crippen LogP contribution in [0.2, 0.25) is 0 Å². The van der Waals surface area contributed by atoms with E-state index < -0.39 is 8.72 Å². The normalized spacial score (nSPS) is 15.4. The molecule has 0 radical (unpaired) electrons. The van der Waals surface area contributed by atoms with E-state index in [1.165, 1.54) is 0 Å². The van der Waals surface area contributed by atoms with Crippen LogP contribution in [0.3, 0.4) is 0 Å². The van der Waals surface area contributed by atoms with Crippen molar-refractivity contribution in [1.29, 1.82) is 0 Å². The molecular weight excluding hydrogens is 324 g/mol. The molecule has 0 rings (SSSR count). The molecular formula is C20H48N4Si. The molecule has 0 aliphatic heterocycles. The monoisotopic (exact) mass is 372 g/mol. The van der Waals surface area contributed by atoms with Gasteiger partial charge < -0.3 is 9.96 Å². The second-order valence-corrected chi connectivity index (χ2v) is 14.0. The van der Waals surface area contributed by atoms with Crippen LogP contribution in [0.1, 0.15) is 96.9 Å². The van der Waals surface area contributed by atoms with E-state index in [1.807, 2.05) is 0 Å². The first-order chi connectivity index (χ1) is 10.9. The minimum absolute atomic E-state index is 0.0313. The van der Waals surface area contributed by atoms with Gasteiger partial charge in [0.2, 0.25) is 0 Å². The summed E-state index contributed by atoms with van der Waals surface area (Å²) in [6, 6.07) is 0.